The lowest BCUT2D eigenvalue weighted by Crippen LogP contribution is -2.22. The first kappa shape index (κ1) is 12.9. The number of nitrogens with one attached hydrogen (secondary N) is 1. The third-order valence-electron chi connectivity index (χ3n) is 1.69. The Balaban J connectivity index is 3.23. The Morgan fingerprint density at radius 1 is 1.50 bits per heavy atom. The predicted octanol–water partition coefficient (Wildman–Crippen LogP) is 0.279. The molecule has 0 radical (unpaired) electrons. The van der Waals surface area contributed by atoms with E-state index in [1.54, 1.807) is 0 Å². The van der Waals surface area contributed by atoms with Gasteiger partial charge in [0.05, 0.1) is 12.1 Å². The largest absolute Gasteiger partial charge is 0.277 e. The van der Waals surface area contributed by atoms with Gasteiger partial charge in [-0.15, -0.1) is 0 Å². The van der Waals surface area contributed by atoms with Crippen LogP contribution >= 0.6 is 11.6 Å². The van der Waals surface area contributed by atoms with Crippen molar-refractivity contribution in [3.63, 3.8) is 0 Å². The first-order valence-corrected chi connectivity index (χ1v) is 5.94. The summed E-state index contributed by atoms with van der Waals surface area (Å²) in [6, 6.07) is 3.70. The Morgan fingerprint density at radius 2 is 2.12 bits per heavy atom. The Kier molecular flexibility index (Phi) is 3.87. The molecule has 88 valence electrons. The number of halogens is 1. The summed E-state index contributed by atoms with van der Waals surface area (Å²) in [5, 5.41) is 4.88. The monoisotopic (exact) mass is 264 g/mol. The summed E-state index contributed by atoms with van der Waals surface area (Å²) in [7, 11) is -2.70. The van der Waals surface area contributed by atoms with Gasteiger partial charge >= 0.3 is 0 Å². The van der Waals surface area contributed by atoms with Gasteiger partial charge in [-0.1, -0.05) is 11.6 Å². The zero-order valence-electron chi connectivity index (χ0n) is 8.23. The van der Waals surface area contributed by atoms with Crippen LogP contribution in [-0.4, -0.2) is 21.4 Å². The molecule has 0 saturated carbocycles. The molecule has 0 aliphatic rings. The zero-order chi connectivity index (χ0) is 12.3. The normalized spacial score (nSPS) is 11.2. The fraction of sp³-hybridized carbons (Fsp3) is 0.125. The van der Waals surface area contributed by atoms with Crippen molar-refractivity contribution in [1.82, 2.24) is 5.48 Å². The number of carbonyl (C=O) groups excluding carboxylic acids is 1. The Labute approximate surface area is 97.3 Å². The molecule has 1 aromatic carbocycles. The average Bonchev–Trinajstić information content (AvgIpc) is 2.16. The van der Waals surface area contributed by atoms with E-state index in [2.05, 4.69) is 4.84 Å². The van der Waals surface area contributed by atoms with Crippen molar-refractivity contribution in [3.05, 3.63) is 28.8 Å². The average molecular weight is 265 g/mol. The molecule has 0 unspecified atom stereocenters. The van der Waals surface area contributed by atoms with E-state index >= 15 is 0 Å². The summed E-state index contributed by atoms with van der Waals surface area (Å²) < 4.78 is 22.2. The van der Waals surface area contributed by atoms with Gasteiger partial charge in [0, 0.05) is 5.56 Å². The second kappa shape index (κ2) is 4.79. The van der Waals surface area contributed by atoms with E-state index in [1.165, 1.54) is 19.2 Å². The molecule has 8 heteroatoms. The fourth-order valence-corrected chi connectivity index (χ4v) is 2.09. The predicted molar refractivity (Wildman–Crippen MR) is 57.3 cm³/mol. The van der Waals surface area contributed by atoms with Crippen molar-refractivity contribution in [3.8, 4) is 0 Å². The molecule has 0 atom stereocenters. The van der Waals surface area contributed by atoms with Crippen molar-refractivity contribution in [1.29, 1.82) is 0 Å². The molecule has 3 N–H and O–H groups in total. The van der Waals surface area contributed by atoms with Crippen LogP contribution in [-0.2, 0) is 14.9 Å². The standard InChI is InChI=1S/C8H9ClN2O4S/c1-15-11-8(12)5-2-3-6(9)7(4-5)16(10,13)14/h2-4H,1H3,(H,11,12)(H2,10,13,14). The number of sulfonamides is 1. The number of amides is 1. The molecule has 0 aromatic heterocycles. The van der Waals surface area contributed by atoms with Gasteiger partial charge < -0.3 is 0 Å². The van der Waals surface area contributed by atoms with Gasteiger partial charge in [0.2, 0.25) is 10.0 Å². The lowest BCUT2D eigenvalue weighted by atomic mass is 10.2. The first-order chi connectivity index (χ1) is 7.36. The third kappa shape index (κ3) is 2.92. The SMILES string of the molecule is CONC(=O)c1ccc(Cl)c(S(N)(=O)=O)c1. The Hall–Kier alpha value is -1.15. The highest BCUT2D eigenvalue weighted by molar-refractivity contribution is 7.89. The number of benzene rings is 1. The maximum Gasteiger partial charge on any atom is 0.274 e. The van der Waals surface area contributed by atoms with Crippen LogP contribution in [0.15, 0.2) is 23.1 Å². The first-order valence-electron chi connectivity index (χ1n) is 4.02. The fourth-order valence-electron chi connectivity index (χ4n) is 1.01. The van der Waals surface area contributed by atoms with Crippen LogP contribution in [0.4, 0.5) is 0 Å². The van der Waals surface area contributed by atoms with E-state index in [1.807, 2.05) is 5.48 Å². The van der Waals surface area contributed by atoms with Crippen LogP contribution < -0.4 is 10.6 Å². The topological polar surface area (TPSA) is 98.5 Å². The third-order valence-corrected chi connectivity index (χ3v) is 3.09. The number of rotatable bonds is 3. The molecule has 0 aliphatic carbocycles. The zero-order valence-corrected chi connectivity index (χ0v) is 9.80. The maximum atomic E-state index is 11.3. The minimum Gasteiger partial charge on any atom is -0.277 e. The number of carbonyl (C=O) groups is 1. The molecule has 16 heavy (non-hydrogen) atoms. The molecule has 0 heterocycles. The van der Waals surface area contributed by atoms with Crippen LogP contribution in [0.1, 0.15) is 10.4 Å². The van der Waals surface area contributed by atoms with Crippen molar-refractivity contribution < 1.29 is 18.0 Å². The van der Waals surface area contributed by atoms with E-state index in [0.717, 1.165) is 6.07 Å². The van der Waals surface area contributed by atoms with Gasteiger partial charge in [0.1, 0.15) is 4.90 Å². The summed E-state index contributed by atoms with van der Waals surface area (Å²) in [6.45, 7) is 0. The number of hydroxylamine groups is 1. The van der Waals surface area contributed by atoms with Gasteiger partial charge in [0.25, 0.3) is 5.91 Å². The quantitative estimate of drug-likeness (QED) is 0.766. The van der Waals surface area contributed by atoms with E-state index in [9.17, 15) is 13.2 Å². The summed E-state index contributed by atoms with van der Waals surface area (Å²) in [6.07, 6.45) is 0. The molecule has 1 aromatic rings. The summed E-state index contributed by atoms with van der Waals surface area (Å²) in [4.78, 5) is 15.4. The van der Waals surface area contributed by atoms with E-state index in [0.29, 0.717) is 0 Å². The Morgan fingerprint density at radius 3 is 2.62 bits per heavy atom. The van der Waals surface area contributed by atoms with E-state index in [-0.39, 0.29) is 15.5 Å². The molecular formula is C8H9ClN2O4S. The van der Waals surface area contributed by atoms with Crippen molar-refractivity contribution in [2.75, 3.05) is 7.11 Å². The Bertz CT molecular complexity index is 515. The molecule has 1 rings (SSSR count). The maximum absolute atomic E-state index is 11.3. The molecule has 0 spiro atoms. The summed E-state index contributed by atoms with van der Waals surface area (Å²) in [5.74, 6) is -0.593. The van der Waals surface area contributed by atoms with Gasteiger partial charge in [-0.25, -0.2) is 19.0 Å². The van der Waals surface area contributed by atoms with Gasteiger partial charge in [-0.3, -0.25) is 9.63 Å². The number of hydrogen-bond acceptors (Lipinski definition) is 4. The lowest BCUT2D eigenvalue weighted by Gasteiger charge is -2.05. The highest BCUT2D eigenvalue weighted by Crippen LogP contribution is 2.21. The molecule has 1 amide bonds. The number of primary sulfonamides is 1. The molecular weight excluding hydrogens is 256 g/mol. The van der Waals surface area contributed by atoms with Crippen molar-refractivity contribution in [2.45, 2.75) is 4.90 Å². The summed E-state index contributed by atoms with van der Waals surface area (Å²) in [5.41, 5.74) is 2.12. The lowest BCUT2D eigenvalue weighted by molar-refractivity contribution is 0.0537. The van der Waals surface area contributed by atoms with Gasteiger partial charge in [-0.2, -0.15) is 0 Å². The molecule has 0 fully saturated rings. The van der Waals surface area contributed by atoms with Crippen LogP contribution in [0, 0.1) is 0 Å². The number of hydrogen-bond donors (Lipinski definition) is 2. The minimum absolute atomic E-state index is 0.0449. The van der Waals surface area contributed by atoms with E-state index < -0.39 is 15.9 Å². The minimum atomic E-state index is -3.96. The van der Waals surface area contributed by atoms with E-state index in [4.69, 9.17) is 16.7 Å². The van der Waals surface area contributed by atoms with Crippen LogP contribution in [0.3, 0.4) is 0 Å². The molecule has 0 saturated heterocycles. The molecule has 6 nitrogen and oxygen atoms in total. The van der Waals surface area contributed by atoms with Gasteiger partial charge in [0.15, 0.2) is 0 Å². The second-order valence-corrected chi connectivity index (χ2v) is 4.76. The number of nitrogens with two attached hydrogens (primary N) is 1. The molecule has 0 aliphatic heterocycles. The smallest absolute Gasteiger partial charge is 0.274 e. The summed E-state index contributed by atoms with van der Waals surface area (Å²) >= 11 is 5.64. The van der Waals surface area contributed by atoms with Crippen LogP contribution in [0.25, 0.3) is 0 Å². The van der Waals surface area contributed by atoms with Gasteiger partial charge in [-0.05, 0) is 18.2 Å². The highest BCUT2D eigenvalue weighted by Gasteiger charge is 2.16. The van der Waals surface area contributed by atoms with Crippen LogP contribution in [0.2, 0.25) is 5.02 Å². The second-order valence-electron chi connectivity index (χ2n) is 2.83. The molecule has 0 bridgehead atoms. The van der Waals surface area contributed by atoms with Crippen molar-refractivity contribution >= 4 is 27.5 Å². The highest BCUT2D eigenvalue weighted by atomic mass is 35.5. The van der Waals surface area contributed by atoms with Crippen molar-refractivity contribution in [2.24, 2.45) is 5.14 Å². The van der Waals surface area contributed by atoms with Crippen LogP contribution in [0.5, 0.6) is 0 Å².